The maximum atomic E-state index is 11.1. The zero-order chi connectivity index (χ0) is 17.4. The van der Waals surface area contributed by atoms with E-state index >= 15 is 0 Å². The van der Waals surface area contributed by atoms with E-state index in [0.717, 1.165) is 10.8 Å². The lowest BCUT2D eigenvalue weighted by Gasteiger charge is -2.22. The van der Waals surface area contributed by atoms with Gasteiger partial charge in [-0.05, 0) is 59.9 Å². The summed E-state index contributed by atoms with van der Waals surface area (Å²) in [6.45, 7) is 4.00. The highest BCUT2D eigenvalue weighted by Crippen LogP contribution is 2.34. The van der Waals surface area contributed by atoms with Crippen LogP contribution in [0.5, 0.6) is 0 Å². The molecule has 0 atom stereocenters. The fourth-order valence-electron chi connectivity index (χ4n) is 2.91. The summed E-state index contributed by atoms with van der Waals surface area (Å²) in [4.78, 5) is 12.5. The molecule has 3 rings (SSSR count). The first-order valence-electron chi connectivity index (χ1n) is 8.57. The number of benzene rings is 1. The maximum Gasteiger partial charge on any atom is 0.348 e. The van der Waals surface area contributed by atoms with Crippen molar-refractivity contribution in [1.29, 1.82) is 0 Å². The van der Waals surface area contributed by atoms with Gasteiger partial charge in [0.05, 0.1) is 5.69 Å². The summed E-state index contributed by atoms with van der Waals surface area (Å²) in [7, 11) is 0. The second-order valence-electron chi connectivity index (χ2n) is 5.58. The lowest BCUT2D eigenvalue weighted by Crippen LogP contribution is -2.04. The molecule has 0 amide bonds. The molecule has 3 nitrogen and oxygen atoms in total. The molecule has 1 heterocycles. The highest BCUT2D eigenvalue weighted by atomic mass is 32.2. The summed E-state index contributed by atoms with van der Waals surface area (Å²) in [5, 5.41) is 10.9. The molecule has 5 heteroatoms. The molecule has 1 aliphatic carbocycles. The third kappa shape index (κ3) is 5.02. The SMILES string of the molecule is CC.O=C(O)c1sccc1NSc1ccc(C2CCCCC2)cc1. The van der Waals surface area contributed by atoms with Crippen LogP contribution < -0.4 is 4.72 Å². The van der Waals surface area contributed by atoms with Crippen LogP contribution in [0, 0.1) is 0 Å². The van der Waals surface area contributed by atoms with Crippen molar-refractivity contribution in [2.75, 3.05) is 4.72 Å². The van der Waals surface area contributed by atoms with Crippen LogP contribution in [-0.2, 0) is 0 Å². The van der Waals surface area contributed by atoms with Crippen molar-refractivity contribution >= 4 is 34.9 Å². The number of carboxylic acids is 1. The Morgan fingerprint density at radius 1 is 1.12 bits per heavy atom. The van der Waals surface area contributed by atoms with Crippen molar-refractivity contribution < 1.29 is 9.90 Å². The highest BCUT2D eigenvalue weighted by Gasteiger charge is 2.15. The Balaban J connectivity index is 0.00000100. The van der Waals surface area contributed by atoms with Crippen LogP contribution in [-0.4, -0.2) is 11.1 Å². The Hall–Kier alpha value is -1.46. The van der Waals surface area contributed by atoms with E-state index in [0.29, 0.717) is 10.6 Å². The first kappa shape index (κ1) is 18.9. The van der Waals surface area contributed by atoms with Crippen molar-refractivity contribution in [3.63, 3.8) is 0 Å². The lowest BCUT2D eigenvalue weighted by atomic mass is 9.84. The van der Waals surface area contributed by atoms with E-state index in [2.05, 4.69) is 29.0 Å². The molecule has 2 N–H and O–H groups in total. The van der Waals surface area contributed by atoms with Crippen molar-refractivity contribution in [1.82, 2.24) is 0 Å². The molecule has 1 aromatic carbocycles. The summed E-state index contributed by atoms with van der Waals surface area (Å²) >= 11 is 2.70. The fourth-order valence-corrected chi connectivity index (χ4v) is 4.33. The number of nitrogens with one attached hydrogen (secondary N) is 1. The van der Waals surface area contributed by atoms with Crippen molar-refractivity contribution in [2.24, 2.45) is 0 Å². The van der Waals surface area contributed by atoms with Gasteiger partial charge in [0.25, 0.3) is 0 Å². The van der Waals surface area contributed by atoms with Gasteiger partial charge in [-0.15, -0.1) is 11.3 Å². The predicted octanol–water partition coefficient (Wildman–Crippen LogP) is 6.64. The third-order valence-corrected chi connectivity index (χ3v) is 5.83. The van der Waals surface area contributed by atoms with Gasteiger partial charge in [0.1, 0.15) is 4.88 Å². The molecule has 1 aliphatic rings. The van der Waals surface area contributed by atoms with E-state index in [-0.39, 0.29) is 0 Å². The van der Waals surface area contributed by atoms with E-state index in [1.54, 1.807) is 11.4 Å². The fraction of sp³-hybridized carbons (Fsp3) is 0.421. The first-order chi connectivity index (χ1) is 11.7. The zero-order valence-electron chi connectivity index (χ0n) is 14.2. The minimum absolute atomic E-state index is 0.353. The van der Waals surface area contributed by atoms with Gasteiger partial charge < -0.3 is 9.83 Å². The monoisotopic (exact) mass is 363 g/mol. The van der Waals surface area contributed by atoms with E-state index in [4.69, 9.17) is 5.11 Å². The minimum Gasteiger partial charge on any atom is -0.477 e. The second-order valence-corrected chi connectivity index (χ2v) is 7.37. The lowest BCUT2D eigenvalue weighted by molar-refractivity contribution is 0.0703. The van der Waals surface area contributed by atoms with Crippen LogP contribution in [0.25, 0.3) is 0 Å². The molecule has 0 spiro atoms. The average molecular weight is 364 g/mol. The van der Waals surface area contributed by atoms with E-state index in [1.165, 1.54) is 61.0 Å². The molecular formula is C19H25NO2S2. The Morgan fingerprint density at radius 2 is 1.79 bits per heavy atom. The quantitative estimate of drug-likeness (QED) is 0.585. The van der Waals surface area contributed by atoms with E-state index in [1.807, 2.05) is 13.8 Å². The molecule has 0 bridgehead atoms. The van der Waals surface area contributed by atoms with Gasteiger partial charge in [0.2, 0.25) is 0 Å². The number of aromatic carboxylic acids is 1. The molecule has 2 aromatic rings. The van der Waals surface area contributed by atoms with E-state index < -0.39 is 5.97 Å². The van der Waals surface area contributed by atoms with Crippen molar-refractivity contribution in [2.45, 2.75) is 56.8 Å². The number of thiophene rings is 1. The van der Waals surface area contributed by atoms with Gasteiger partial charge in [0.15, 0.2) is 0 Å². The number of rotatable bonds is 5. The number of hydrogen-bond acceptors (Lipinski definition) is 4. The second kappa shape index (κ2) is 9.74. The summed E-state index contributed by atoms with van der Waals surface area (Å²) in [6, 6.07) is 10.5. The van der Waals surface area contributed by atoms with Gasteiger partial charge in [-0.3, -0.25) is 0 Å². The predicted molar refractivity (Wildman–Crippen MR) is 104 cm³/mol. The Kier molecular flexibility index (Phi) is 7.66. The molecule has 1 fully saturated rings. The smallest absolute Gasteiger partial charge is 0.348 e. The first-order valence-corrected chi connectivity index (χ1v) is 10.3. The van der Waals surface area contributed by atoms with Crippen LogP contribution in [0.1, 0.15) is 67.1 Å². The van der Waals surface area contributed by atoms with Crippen LogP contribution in [0.4, 0.5) is 5.69 Å². The standard InChI is InChI=1S/C17H19NO2S2.C2H6/c19-17(20)16-15(10-11-21-16)18-22-14-8-6-13(7-9-14)12-4-2-1-3-5-12;1-2/h6-12,18H,1-5H2,(H,19,20);1-2H3. The van der Waals surface area contributed by atoms with Crippen LogP contribution >= 0.6 is 23.3 Å². The van der Waals surface area contributed by atoms with Crippen LogP contribution in [0.3, 0.4) is 0 Å². The number of carbonyl (C=O) groups is 1. The van der Waals surface area contributed by atoms with Crippen LogP contribution in [0.15, 0.2) is 40.6 Å². The number of carboxylic acid groups (broad SMARTS) is 1. The molecular weight excluding hydrogens is 338 g/mol. The van der Waals surface area contributed by atoms with Crippen molar-refractivity contribution in [3.05, 3.63) is 46.2 Å². The van der Waals surface area contributed by atoms with Gasteiger partial charge in [0, 0.05) is 4.90 Å². The topological polar surface area (TPSA) is 49.3 Å². The van der Waals surface area contributed by atoms with Gasteiger partial charge in [-0.2, -0.15) is 0 Å². The van der Waals surface area contributed by atoms with E-state index in [9.17, 15) is 4.79 Å². The van der Waals surface area contributed by atoms with Gasteiger partial charge in [-0.25, -0.2) is 4.79 Å². The summed E-state index contributed by atoms with van der Waals surface area (Å²) in [5.74, 6) is -0.165. The molecule has 1 aromatic heterocycles. The van der Waals surface area contributed by atoms with Crippen LogP contribution in [0.2, 0.25) is 0 Å². The Labute approximate surface area is 152 Å². The number of hydrogen-bond donors (Lipinski definition) is 2. The molecule has 0 radical (unpaired) electrons. The van der Waals surface area contributed by atoms with Crippen molar-refractivity contribution in [3.8, 4) is 0 Å². The third-order valence-electron chi connectivity index (χ3n) is 4.09. The summed E-state index contributed by atoms with van der Waals surface area (Å²) in [5.41, 5.74) is 2.10. The summed E-state index contributed by atoms with van der Waals surface area (Å²) in [6.07, 6.45) is 6.68. The highest BCUT2D eigenvalue weighted by molar-refractivity contribution is 8.00. The minimum atomic E-state index is -0.884. The zero-order valence-corrected chi connectivity index (χ0v) is 15.9. The Morgan fingerprint density at radius 3 is 2.42 bits per heavy atom. The molecule has 0 unspecified atom stereocenters. The maximum absolute atomic E-state index is 11.1. The largest absolute Gasteiger partial charge is 0.477 e. The average Bonchev–Trinajstić information content (AvgIpc) is 3.12. The molecule has 130 valence electrons. The molecule has 24 heavy (non-hydrogen) atoms. The Bertz CT molecular complexity index is 631. The molecule has 0 saturated heterocycles. The van der Waals surface area contributed by atoms with Gasteiger partial charge in [-0.1, -0.05) is 45.2 Å². The molecule has 1 saturated carbocycles. The summed E-state index contributed by atoms with van der Waals surface area (Å²) < 4.78 is 3.14. The molecule has 0 aliphatic heterocycles. The number of anilines is 1. The van der Waals surface area contributed by atoms with Gasteiger partial charge >= 0.3 is 5.97 Å². The normalized spacial score (nSPS) is 14.6.